The molecule has 0 unspecified atom stereocenters. The molecule has 0 saturated heterocycles. The van der Waals surface area contributed by atoms with E-state index in [4.69, 9.17) is 5.84 Å². The number of anilines is 1. The van der Waals surface area contributed by atoms with Crippen molar-refractivity contribution in [3.05, 3.63) is 39.4 Å². The van der Waals surface area contributed by atoms with Gasteiger partial charge in [-0.05, 0) is 40.2 Å². The maximum absolute atomic E-state index is 5.28. The number of aromatic nitrogens is 2. The second-order valence-electron chi connectivity index (χ2n) is 3.05. The van der Waals surface area contributed by atoms with Gasteiger partial charge in [0.25, 0.3) is 0 Å². The third-order valence-electron chi connectivity index (χ3n) is 1.87. The van der Waals surface area contributed by atoms with Crippen LogP contribution in [0, 0.1) is 0 Å². The van der Waals surface area contributed by atoms with E-state index in [0.717, 1.165) is 18.9 Å². The van der Waals surface area contributed by atoms with Gasteiger partial charge in [-0.3, -0.25) is 5.43 Å². The highest BCUT2D eigenvalue weighted by Gasteiger charge is 2.06. The molecule has 1 aromatic carbocycles. The highest BCUT2D eigenvalue weighted by atomic mass is 79.9. The maximum Gasteiger partial charge on any atom is 0.238 e. The molecule has 1 aromatic heterocycles. The van der Waals surface area contributed by atoms with E-state index < -0.39 is 0 Å². The number of nitrogens with one attached hydrogen (secondary N) is 1. The fraction of sp³-hybridized carbons (Fsp3) is 0. The van der Waals surface area contributed by atoms with Crippen molar-refractivity contribution in [1.82, 2.24) is 9.97 Å². The molecule has 0 saturated carbocycles. The number of nitrogens with two attached hydrogens (primary N) is 1. The van der Waals surface area contributed by atoms with Crippen molar-refractivity contribution in [3.63, 3.8) is 0 Å². The SMILES string of the molecule is NNc1ncc(Br)c(Sc2ccc(Br)cc2)n1. The summed E-state index contributed by atoms with van der Waals surface area (Å²) in [4.78, 5) is 9.36. The number of hydrazine groups is 1. The van der Waals surface area contributed by atoms with Gasteiger partial charge in [-0.25, -0.2) is 15.8 Å². The third-order valence-corrected chi connectivity index (χ3v) is 4.25. The van der Waals surface area contributed by atoms with Crippen LogP contribution < -0.4 is 11.3 Å². The number of rotatable bonds is 3. The monoisotopic (exact) mass is 374 g/mol. The van der Waals surface area contributed by atoms with Gasteiger partial charge in [0.1, 0.15) is 5.03 Å². The van der Waals surface area contributed by atoms with Crippen LogP contribution in [0.5, 0.6) is 0 Å². The lowest BCUT2D eigenvalue weighted by Gasteiger charge is -2.05. The number of hydrogen-bond acceptors (Lipinski definition) is 5. The van der Waals surface area contributed by atoms with Crippen LogP contribution in [-0.4, -0.2) is 9.97 Å². The Labute approximate surface area is 120 Å². The molecule has 1 heterocycles. The zero-order valence-corrected chi connectivity index (χ0v) is 12.5. The Morgan fingerprint density at radius 1 is 1.18 bits per heavy atom. The molecule has 0 bridgehead atoms. The fourth-order valence-electron chi connectivity index (χ4n) is 1.11. The Morgan fingerprint density at radius 3 is 2.53 bits per heavy atom. The smallest absolute Gasteiger partial charge is 0.238 e. The van der Waals surface area contributed by atoms with Crippen molar-refractivity contribution >= 4 is 49.6 Å². The van der Waals surface area contributed by atoms with Gasteiger partial charge in [0.2, 0.25) is 5.95 Å². The quantitative estimate of drug-likeness (QED) is 0.488. The minimum absolute atomic E-state index is 0.396. The van der Waals surface area contributed by atoms with Gasteiger partial charge < -0.3 is 0 Å². The van der Waals surface area contributed by atoms with E-state index in [-0.39, 0.29) is 0 Å². The van der Waals surface area contributed by atoms with Gasteiger partial charge in [0.05, 0.1) is 4.47 Å². The fourth-order valence-corrected chi connectivity index (χ4v) is 2.58. The zero-order valence-electron chi connectivity index (χ0n) is 8.52. The maximum atomic E-state index is 5.28. The molecule has 0 fully saturated rings. The van der Waals surface area contributed by atoms with Crippen molar-refractivity contribution in [1.29, 1.82) is 0 Å². The van der Waals surface area contributed by atoms with Gasteiger partial charge in [-0.2, -0.15) is 0 Å². The molecule has 0 aliphatic heterocycles. The average molecular weight is 376 g/mol. The predicted molar refractivity (Wildman–Crippen MR) is 75.8 cm³/mol. The first-order valence-electron chi connectivity index (χ1n) is 4.61. The summed E-state index contributed by atoms with van der Waals surface area (Å²) in [5, 5.41) is 0.815. The summed E-state index contributed by atoms with van der Waals surface area (Å²) in [7, 11) is 0. The molecule has 0 aliphatic carbocycles. The van der Waals surface area contributed by atoms with E-state index in [1.165, 1.54) is 11.8 Å². The Bertz CT molecular complexity index is 518. The molecule has 17 heavy (non-hydrogen) atoms. The standard InChI is InChI=1S/C10H8Br2N4S/c11-6-1-3-7(4-2-6)17-9-8(12)5-14-10(15-9)16-13/h1-5H,13H2,(H,14,15,16). The van der Waals surface area contributed by atoms with Crippen molar-refractivity contribution in [3.8, 4) is 0 Å². The minimum Gasteiger partial charge on any atom is -0.292 e. The van der Waals surface area contributed by atoms with Crippen molar-refractivity contribution in [2.24, 2.45) is 5.84 Å². The molecular weight excluding hydrogens is 368 g/mol. The van der Waals surface area contributed by atoms with Crippen LogP contribution in [0.3, 0.4) is 0 Å². The van der Waals surface area contributed by atoms with Crippen LogP contribution in [-0.2, 0) is 0 Å². The zero-order chi connectivity index (χ0) is 12.3. The Hall–Kier alpha value is -0.630. The summed E-state index contributed by atoms with van der Waals surface area (Å²) >= 11 is 8.34. The molecule has 3 N–H and O–H groups in total. The second-order valence-corrected chi connectivity index (χ2v) is 5.88. The van der Waals surface area contributed by atoms with Crippen molar-refractivity contribution in [2.75, 3.05) is 5.43 Å². The van der Waals surface area contributed by atoms with E-state index in [1.54, 1.807) is 6.20 Å². The Balaban J connectivity index is 2.25. The lowest BCUT2D eigenvalue weighted by atomic mass is 10.4. The second kappa shape index (κ2) is 5.81. The highest BCUT2D eigenvalue weighted by Crippen LogP contribution is 2.32. The lowest BCUT2D eigenvalue weighted by Crippen LogP contribution is -2.10. The summed E-state index contributed by atoms with van der Waals surface area (Å²) in [5.74, 6) is 5.67. The van der Waals surface area contributed by atoms with Gasteiger partial charge in [0, 0.05) is 15.6 Å². The van der Waals surface area contributed by atoms with Crippen molar-refractivity contribution < 1.29 is 0 Å². The minimum atomic E-state index is 0.396. The van der Waals surface area contributed by atoms with Crippen LogP contribution in [0.2, 0.25) is 0 Å². The number of benzene rings is 1. The van der Waals surface area contributed by atoms with E-state index >= 15 is 0 Å². The molecule has 0 amide bonds. The number of hydrogen-bond donors (Lipinski definition) is 2. The van der Waals surface area contributed by atoms with Crippen LogP contribution in [0.25, 0.3) is 0 Å². The molecule has 0 aliphatic rings. The first-order valence-corrected chi connectivity index (χ1v) is 7.02. The molecule has 0 spiro atoms. The predicted octanol–water partition coefficient (Wildman–Crippen LogP) is 3.44. The molecule has 4 nitrogen and oxygen atoms in total. The molecule has 2 rings (SSSR count). The summed E-state index contributed by atoms with van der Waals surface area (Å²) in [6, 6.07) is 8.00. The number of nitrogens with zero attached hydrogens (tertiary/aromatic N) is 2. The average Bonchev–Trinajstić information content (AvgIpc) is 2.35. The van der Waals surface area contributed by atoms with Crippen LogP contribution in [0.4, 0.5) is 5.95 Å². The molecule has 0 radical (unpaired) electrons. The van der Waals surface area contributed by atoms with Gasteiger partial charge in [0.15, 0.2) is 0 Å². The first-order chi connectivity index (χ1) is 8.19. The largest absolute Gasteiger partial charge is 0.292 e. The van der Waals surface area contributed by atoms with Crippen LogP contribution >= 0.6 is 43.6 Å². The summed E-state index contributed by atoms with van der Waals surface area (Å²) < 4.78 is 1.89. The molecular formula is C10H8Br2N4S. The van der Waals surface area contributed by atoms with Crippen LogP contribution in [0.1, 0.15) is 0 Å². The van der Waals surface area contributed by atoms with Gasteiger partial charge in [-0.15, -0.1) is 0 Å². The van der Waals surface area contributed by atoms with Gasteiger partial charge in [-0.1, -0.05) is 27.7 Å². The molecule has 2 aromatic rings. The van der Waals surface area contributed by atoms with Crippen LogP contribution in [0.15, 0.2) is 49.3 Å². The molecule has 88 valence electrons. The normalized spacial score (nSPS) is 10.3. The summed E-state index contributed by atoms with van der Waals surface area (Å²) in [6.45, 7) is 0. The summed E-state index contributed by atoms with van der Waals surface area (Å²) in [6.07, 6.45) is 1.67. The van der Waals surface area contributed by atoms with E-state index in [0.29, 0.717) is 5.95 Å². The topological polar surface area (TPSA) is 63.8 Å². The van der Waals surface area contributed by atoms with E-state index in [9.17, 15) is 0 Å². The van der Waals surface area contributed by atoms with Crippen molar-refractivity contribution in [2.45, 2.75) is 9.92 Å². The van der Waals surface area contributed by atoms with E-state index in [1.807, 2.05) is 24.3 Å². The Kier molecular flexibility index (Phi) is 4.38. The van der Waals surface area contributed by atoms with E-state index in [2.05, 4.69) is 47.3 Å². The Morgan fingerprint density at radius 2 is 1.88 bits per heavy atom. The number of nitrogen functional groups attached to an aromatic ring is 1. The molecule has 7 heteroatoms. The lowest BCUT2D eigenvalue weighted by molar-refractivity contribution is 1.01. The molecule has 0 atom stereocenters. The summed E-state index contributed by atoms with van der Waals surface area (Å²) in [5.41, 5.74) is 2.43. The van der Waals surface area contributed by atoms with Gasteiger partial charge >= 0.3 is 0 Å². The highest BCUT2D eigenvalue weighted by molar-refractivity contribution is 9.10. The third kappa shape index (κ3) is 3.41. The number of halogens is 2. The first kappa shape index (κ1) is 12.8.